The van der Waals surface area contributed by atoms with Crippen LogP contribution in [-0.2, 0) is 16.6 Å². The second-order valence-electron chi connectivity index (χ2n) is 7.32. The molecule has 0 fully saturated rings. The van der Waals surface area contributed by atoms with Gasteiger partial charge in [-0.2, -0.15) is 0 Å². The SMILES string of the molecule is Cc1ccc([C@@H](C)NS(=O)(=O)c2ccc3c(c2)sc(=O)n3Cc2ccccc2)cc1. The minimum absolute atomic E-state index is 0.107. The molecule has 5 nitrogen and oxygen atoms in total. The van der Waals surface area contributed by atoms with Gasteiger partial charge in [0.2, 0.25) is 10.0 Å². The fourth-order valence-corrected chi connectivity index (χ4v) is 5.62. The van der Waals surface area contributed by atoms with Crippen LogP contribution in [0.5, 0.6) is 0 Å². The Morgan fingerprint density at radius 2 is 1.70 bits per heavy atom. The number of nitrogens with zero attached hydrogens (tertiary/aromatic N) is 1. The fraction of sp³-hybridized carbons (Fsp3) is 0.174. The van der Waals surface area contributed by atoms with E-state index in [1.807, 2.05) is 68.4 Å². The van der Waals surface area contributed by atoms with Crippen molar-refractivity contribution < 1.29 is 8.42 Å². The van der Waals surface area contributed by atoms with Crippen molar-refractivity contribution in [1.82, 2.24) is 9.29 Å². The fourth-order valence-electron chi connectivity index (χ4n) is 3.35. The number of sulfonamides is 1. The van der Waals surface area contributed by atoms with Crippen molar-refractivity contribution in [2.45, 2.75) is 31.3 Å². The van der Waals surface area contributed by atoms with Crippen molar-refractivity contribution in [1.29, 1.82) is 0 Å². The molecule has 0 unspecified atom stereocenters. The monoisotopic (exact) mass is 438 g/mol. The van der Waals surface area contributed by atoms with Gasteiger partial charge in [-0.1, -0.05) is 71.5 Å². The molecule has 0 amide bonds. The Morgan fingerprint density at radius 3 is 2.40 bits per heavy atom. The maximum atomic E-state index is 12.9. The molecule has 0 bridgehead atoms. The van der Waals surface area contributed by atoms with E-state index in [1.54, 1.807) is 22.8 Å². The molecule has 1 heterocycles. The predicted molar refractivity (Wildman–Crippen MR) is 122 cm³/mol. The standard InChI is InChI=1S/C23H22N2O3S2/c1-16-8-10-19(11-9-16)17(2)24-30(27,28)20-12-13-21-22(14-20)29-23(26)25(21)15-18-6-4-3-5-7-18/h3-14,17,24H,15H2,1-2H3/t17-/m1/s1. The third kappa shape index (κ3) is 4.23. The lowest BCUT2D eigenvalue weighted by Gasteiger charge is -2.15. The molecule has 4 aromatic rings. The summed E-state index contributed by atoms with van der Waals surface area (Å²) in [5, 5.41) is 0. The smallest absolute Gasteiger partial charge is 0.294 e. The first-order valence-corrected chi connectivity index (χ1v) is 11.9. The Hall–Kier alpha value is -2.74. The van der Waals surface area contributed by atoms with Gasteiger partial charge in [-0.3, -0.25) is 9.36 Å². The number of benzene rings is 3. The number of nitrogens with one attached hydrogen (secondary N) is 1. The summed E-state index contributed by atoms with van der Waals surface area (Å²) in [7, 11) is -3.73. The zero-order valence-corrected chi connectivity index (χ0v) is 18.3. The topological polar surface area (TPSA) is 68.2 Å². The summed E-state index contributed by atoms with van der Waals surface area (Å²) in [6.07, 6.45) is 0. The van der Waals surface area contributed by atoms with E-state index in [2.05, 4.69) is 4.72 Å². The largest absolute Gasteiger partial charge is 0.308 e. The molecule has 30 heavy (non-hydrogen) atoms. The molecular formula is C23H22N2O3S2. The summed E-state index contributed by atoms with van der Waals surface area (Å²) >= 11 is 1.06. The van der Waals surface area contributed by atoms with Crippen LogP contribution in [0.25, 0.3) is 10.2 Å². The lowest BCUT2D eigenvalue weighted by Crippen LogP contribution is -2.26. The van der Waals surface area contributed by atoms with Crippen LogP contribution in [0.15, 0.2) is 82.5 Å². The number of aromatic nitrogens is 1. The van der Waals surface area contributed by atoms with Gasteiger partial charge in [0.25, 0.3) is 0 Å². The second-order valence-corrected chi connectivity index (χ2v) is 10.0. The van der Waals surface area contributed by atoms with Crippen LogP contribution < -0.4 is 9.60 Å². The lowest BCUT2D eigenvalue weighted by atomic mass is 10.1. The normalized spacial score (nSPS) is 12.9. The summed E-state index contributed by atoms with van der Waals surface area (Å²) in [4.78, 5) is 12.6. The number of hydrogen-bond acceptors (Lipinski definition) is 4. The Morgan fingerprint density at radius 1 is 1.00 bits per heavy atom. The van der Waals surface area contributed by atoms with Crippen molar-refractivity contribution in [3.63, 3.8) is 0 Å². The van der Waals surface area contributed by atoms with Crippen molar-refractivity contribution in [3.05, 3.63) is 99.2 Å². The molecule has 0 spiro atoms. The van der Waals surface area contributed by atoms with E-state index in [0.29, 0.717) is 11.2 Å². The highest BCUT2D eigenvalue weighted by Gasteiger charge is 2.20. The van der Waals surface area contributed by atoms with Gasteiger partial charge in [0.05, 0.1) is 21.7 Å². The van der Waals surface area contributed by atoms with Gasteiger partial charge in [0, 0.05) is 6.04 Å². The molecule has 0 aliphatic carbocycles. The first kappa shape index (κ1) is 20.5. The molecule has 1 atom stereocenters. The Balaban J connectivity index is 1.63. The molecule has 7 heteroatoms. The van der Waals surface area contributed by atoms with E-state index >= 15 is 0 Å². The highest BCUT2D eigenvalue weighted by molar-refractivity contribution is 7.89. The maximum Gasteiger partial charge on any atom is 0.308 e. The quantitative estimate of drug-likeness (QED) is 0.483. The van der Waals surface area contributed by atoms with Gasteiger partial charge >= 0.3 is 4.87 Å². The summed E-state index contributed by atoms with van der Waals surface area (Å²) in [6.45, 7) is 4.26. The zero-order chi connectivity index (χ0) is 21.3. The molecule has 0 saturated heterocycles. The van der Waals surface area contributed by atoms with Crippen LogP contribution in [-0.4, -0.2) is 13.0 Å². The Bertz CT molecular complexity index is 1340. The van der Waals surface area contributed by atoms with Gasteiger partial charge < -0.3 is 0 Å². The van der Waals surface area contributed by atoms with Crippen LogP contribution in [0, 0.1) is 6.92 Å². The van der Waals surface area contributed by atoms with Crippen molar-refractivity contribution in [3.8, 4) is 0 Å². The molecule has 154 valence electrons. The van der Waals surface area contributed by atoms with E-state index in [9.17, 15) is 13.2 Å². The van der Waals surface area contributed by atoms with Gasteiger partial charge in [0.1, 0.15) is 0 Å². The van der Waals surface area contributed by atoms with Crippen molar-refractivity contribution >= 4 is 31.6 Å². The molecule has 4 rings (SSSR count). The van der Waals surface area contributed by atoms with E-state index in [0.717, 1.165) is 33.5 Å². The highest BCUT2D eigenvalue weighted by Crippen LogP contribution is 2.24. The predicted octanol–water partition coefficient (Wildman–Crippen LogP) is 4.46. The summed E-state index contributed by atoms with van der Waals surface area (Å²) in [5.74, 6) is 0. The molecule has 3 aromatic carbocycles. The molecule has 1 N–H and O–H groups in total. The number of aryl methyl sites for hydroxylation is 1. The van der Waals surface area contributed by atoms with E-state index < -0.39 is 10.0 Å². The number of hydrogen-bond donors (Lipinski definition) is 1. The Kier molecular flexibility index (Phi) is 5.60. The highest BCUT2D eigenvalue weighted by atomic mass is 32.2. The third-order valence-corrected chi connectivity index (χ3v) is 7.52. The van der Waals surface area contributed by atoms with Gasteiger partial charge in [-0.05, 0) is 43.2 Å². The molecular weight excluding hydrogens is 416 g/mol. The number of thiazole rings is 1. The third-order valence-electron chi connectivity index (χ3n) is 5.04. The molecule has 0 aliphatic heterocycles. The number of rotatable bonds is 6. The van der Waals surface area contributed by atoms with E-state index in [4.69, 9.17) is 0 Å². The van der Waals surface area contributed by atoms with Crippen molar-refractivity contribution in [2.24, 2.45) is 0 Å². The van der Waals surface area contributed by atoms with Crippen LogP contribution in [0.1, 0.15) is 29.7 Å². The zero-order valence-electron chi connectivity index (χ0n) is 16.7. The first-order valence-electron chi connectivity index (χ1n) is 9.60. The summed E-state index contributed by atoms with van der Waals surface area (Å²) in [5.41, 5.74) is 3.77. The van der Waals surface area contributed by atoms with Gasteiger partial charge in [-0.15, -0.1) is 0 Å². The molecule has 0 radical (unpaired) electrons. The lowest BCUT2D eigenvalue weighted by molar-refractivity contribution is 0.567. The summed E-state index contributed by atoms with van der Waals surface area (Å²) < 4.78 is 30.9. The van der Waals surface area contributed by atoms with Gasteiger partial charge in [-0.25, -0.2) is 13.1 Å². The Labute approximate surface area is 179 Å². The van der Waals surface area contributed by atoms with E-state index in [1.165, 1.54) is 0 Å². The molecule has 1 aromatic heterocycles. The summed E-state index contributed by atoms with van der Waals surface area (Å²) in [6, 6.07) is 21.9. The molecule has 0 saturated carbocycles. The van der Waals surface area contributed by atoms with Crippen LogP contribution >= 0.6 is 11.3 Å². The molecule has 0 aliphatic rings. The van der Waals surface area contributed by atoms with Crippen LogP contribution in [0.2, 0.25) is 0 Å². The number of fused-ring (bicyclic) bond motifs is 1. The van der Waals surface area contributed by atoms with Crippen molar-refractivity contribution in [2.75, 3.05) is 0 Å². The average molecular weight is 439 g/mol. The second kappa shape index (κ2) is 8.18. The average Bonchev–Trinajstić information content (AvgIpc) is 3.03. The maximum absolute atomic E-state index is 12.9. The van der Waals surface area contributed by atoms with Gasteiger partial charge in [0.15, 0.2) is 0 Å². The minimum atomic E-state index is -3.73. The van der Waals surface area contributed by atoms with Crippen LogP contribution in [0.4, 0.5) is 0 Å². The first-order chi connectivity index (χ1) is 14.3. The minimum Gasteiger partial charge on any atom is -0.294 e. The van der Waals surface area contributed by atoms with E-state index in [-0.39, 0.29) is 15.8 Å². The van der Waals surface area contributed by atoms with Crippen LogP contribution in [0.3, 0.4) is 0 Å².